The fourth-order valence-corrected chi connectivity index (χ4v) is 3.39. The van der Waals surface area contributed by atoms with Crippen LogP contribution >= 0.6 is 0 Å². The lowest BCUT2D eigenvalue weighted by Crippen LogP contribution is -2.43. The molecule has 5 nitrogen and oxygen atoms in total. The van der Waals surface area contributed by atoms with E-state index in [4.69, 9.17) is 9.47 Å². The third kappa shape index (κ3) is 18.5. The van der Waals surface area contributed by atoms with Crippen molar-refractivity contribution in [3.05, 3.63) is 0 Å². The average Bonchev–Trinajstić information content (AvgIpc) is 2.67. The molecule has 0 bridgehead atoms. The summed E-state index contributed by atoms with van der Waals surface area (Å²) in [6.07, 6.45) is 16.8. The van der Waals surface area contributed by atoms with Crippen molar-refractivity contribution in [1.29, 1.82) is 0 Å². The third-order valence-corrected chi connectivity index (χ3v) is 5.05. The summed E-state index contributed by atoms with van der Waals surface area (Å²) in [6, 6.07) is -0.629. The smallest absolute Gasteiger partial charge is 0.407 e. The van der Waals surface area contributed by atoms with Gasteiger partial charge in [-0.05, 0) is 25.7 Å². The molecule has 0 aliphatic carbocycles. The predicted molar refractivity (Wildman–Crippen MR) is 120 cm³/mol. The average molecular weight is 414 g/mol. The quantitative estimate of drug-likeness (QED) is 0.187. The fourth-order valence-electron chi connectivity index (χ4n) is 3.39. The second kappa shape index (κ2) is 20.0. The number of ether oxygens (including phenoxy) is 2. The molecule has 0 aromatic rings. The van der Waals surface area contributed by atoms with Gasteiger partial charge in [-0.15, -0.1) is 0 Å². The van der Waals surface area contributed by atoms with Crippen LogP contribution < -0.4 is 5.32 Å². The van der Waals surface area contributed by atoms with E-state index < -0.39 is 12.1 Å². The van der Waals surface area contributed by atoms with Crippen LogP contribution in [0.5, 0.6) is 0 Å². The summed E-state index contributed by atoms with van der Waals surface area (Å²) < 4.78 is 10.2. The van der Waals surface area contributed by atoms with Gasteiger partial charge in [0.15, 0.2) is 0 Å². The minimum Gasteiger partial charge on any atom is -0.464 e. The number of esters is 1. The molecule has 0 heterocycles. The highest BCUT2D eigenvalue weighted by Gasteiger charge is 2.23. The molecule has 0 aromatic heterocycles. The Morgan fingerprint density at radius 1 is 0.724 bits per heavy atom. The van der Waals surface area contributed by atoms with Crippen molar-refractivity contribution in [2.24, 2.45) is 5.92 Å². The molecular formula is C24H47NO4. The molecule has 0 rings (SSSR count). The molecule has 1 unspecified atom stereocenters. The minimum absolute atomic E-state index is 0.283. The van der Waals surface area contributed by atoms with E-state index >= 15 is 0 Å². The highest BCUT2D eigenvalue weighted by Crippen LogP contribution is 2.13. The molecular weight excluding hydrogens is 366 g/mol. The van der Waals surface area contributed by atoms with Gasteiger partial charge in [0, 0.05) is 0 Å². The Morgan fingerprint density at radius 3 is 1.66 bits per heavy atom. The summed E-state index contributed by atoms with van der Waals surface area (Å²) in [5.41, 5.74) is 0. The molecule has 0 fully saturated rings. The molecule has 0 spiro atoms. The van der Waals surface area contributed by atoms with Gasteiger partial charge in [-0.25, -0.2) is 9.59 Å². The summed E-state index contributed by atoms with van der Waals surface area (Å²) in [4.78, 5) is 23.8. The lowest BCUT2D eigenvalue weighted by atomic mass is 10.0. The van der Waals surface area contributed by atoms with Crippen LogP contribution in [0.4, 0.5) is 4.79 Å². The maximum atomic E-state index is 12.2. The van der Waals surface area contributed by atoms with Crippen molar-refractivity contribution in [1.82, 2.24) is 5.32 Å². The van der Waals surface area contributed by atoms with E-state index in [0.717, 1.165) is 12.8 Å². The first kappa shape index (κ1) is 27.7. The first-order chi connectivity index (χ1) is 14.0. The number of carbonyl (C=O) groups excluding carboxylic acids is 2. The lowest BCUT2D eigenvalue weighted by molar-refractivity contribution is -0.146. The Kier molecular flexibility index (Phi) is 19.2. The third-order valence-electron chi connectivity index (χ3n) is 5.05. The maximum absolute atomic E-state index is 12.2. The number of unbranched alkanes of at least 4 members (excludes halogenated alkanes) is 12. The maximum Gasteiger partial charge on any atom is 0.407 e. The largest absolute Gasteiger partial charge is 0.464 e. The molecule has 0 saturated heterocycles. The molecule has 1 atom stereocenters. The van der Waals surface area contributed by atoms with Gasteiger partial charge in [0.1, 0.15) is 6.04 Å². The summed E-state index contributed by atoms with van der Waals surface area (Å²) in [6.45, 7) is 8.74. The van der Waals surface area contributed by atoms with Crippen LogP contribution in [0.2, 0.25) is 0 Å². The number of hydrogen-bond donors (Lipinski definition) is 1. The molecule has 0 aliphatic heterocycles. The van der Waals surface area contributed by atoms with Crippen molar-refractivity contribution >= 4 is 12.1 Å². The summed E-state index contributed by atoms with van der Waals surface area (Å²) >= 11 is 0. The second-order valence-electron chi connectivity index (χ2n) is 8.46. The predicted octanol–water partition coefficient (Wildman–Crippen LogP) is 6.78. The number of hydrogen-bond acceptors (Lipinski definition) is 4. The van der Waals surface area contributed by atoms with Crippen LogP contribution in [0.1, 0.15) is 118 Å². The van der Waals surface area contributed by atoms with Crippen LogP contribution in [-0.4, -0.2) is 31.3 Å². The van der Waals surface area contributed by atoms with Crippen molar-refractivity contribution in [2.75, 3.05) is 13.2 Å². The monoisotopic (exact) mass is 413 g/mol. The van der Waals surface area contributed by atoms with Crippen molar-refractivity contribution in [3.8, 4) is 0 Å². The first-order valence-corrected chi connectivity index (χ1v) is 12.1. The van der Waals surface area contributed by atoms with Gasteiger partial charge in [0.05, 0.1) is 13.2 Å². The Labute approximate surface area is 179 Å². The molecule has 0 radical (unpaired) electrons. The van der Waals surface area contributed by atoms with E-state index in [0.29, 0.717) is 13.0 Å². The minimum atomic E-state index is -0.629. The van der Waals surface area contributed by atoms with Gasteiger partial charge in [0.2, 0.25) is 0 Å². The summed E-state index contributed by atoms with van der Waals surface area (Å²) in [7, 11) is 0. The topological polar surface area (TPSA) is 64.6 Å². The van der Waals surface area contributed by atoms with E-state index in [1.807, 2.05) is 13.8 Å². The molecule has 172 valence electrons. The molecule has 5 heteroatoms. The summed E-state index contributed by atoms with van der Waals surface area (Å²) in [5, 5.41) is 2.61. The Balaban J connectivity index is 3.66. The highest BCUT2D eigenvalue weighted by molar-refractivity contribution is 5.81. The molecule has 0 aliphatic rings. The number of alkyl carbamates (subject to hydrolysis) is 1. The zero-order valence-corrected chi connectivity index (χ0v) is 19.6. The van der Waals surface area contributed by atoms with Gasteiger partial charge in [-0.1, -0.05) is 97.8 Å². The molecule has 29 heavy (non-hydrogen) atoms. The van der Waals surface area contributed by atoms with Crippen LogP contribution in [0, 0.1) is 5.92 Å². The van der Waals surface area contributed by atoms with Crippen molar-refractivity contribution in [2.45, 2.75) is 124 Å². The number of amides is 1. The van der Waals surface area contributed by atoms with Crippen molar-refractivity contribution < 1.29 is 19.1 Å². The van der Waals surface area contributed by atoms with E-state index in [-0.39, 0.29) is 18.5 Å². The number of carbonyl (C=O) groups is 2. The van der Waals surface area contributed by atoms with Gasteiger partial charge >= 0.3 is 12.1 Å². The van der Waals surface area contributed by atoms with Crippen LogP contribution in [0.3, 0.4) is 0 Å². The van der Waals surface area contributed by atoms with E-state index in [2.05, 4.69) is 12.2 Å². The summed E-state index contributed by atoms with van der Waals surface area (Å²) in [5.74, 6) is -0.0727. The van der Waals surface area contributed by atoms with Gasteiger partial charge in [0.25, 0.3) is 0 Å². The van der Waals surface area contributed by atoms with Gasteiger partial charge in [-0.2, -0.15) is 0 Å². The molecule has 1 amide bonds. The fraction of sp³-hybridized carbons (Fsp3) is 0.917. The SMILES string of the molecule is CCCCCCCCCCCCCCCOC(=O)C(CC(C)C)NC(=O)OCC. The van der Waals surface area contributed by atoms with E-state index in [1.165, 1.54) is 70.6 Å². The van der Waals surface area contributed by atoms with Gasteiger partial charge in [-0.3, -0.25) is 0 Å². The Bertz CT molecular complexity index is 398. The van der Waals surface area contributed by atoms with Crippen LogP contribution in [-0.2, 0) is 14.3 Å². The molecule has 0 saturated carbocycles. The first-order valence-electron chi connectivity index (χ1n) is 12.1. The zero-order valence-electron chi connectivity index (χ0n) is 19.6. The van der Waals surface area contributed by atoms with Crippen molar-refractivity contribution in [3.63, 3.8) is 0 Å². The highest BCUT2D eigenvalue weighted by atomic mass is 16.6. The molecule has 0 aromatic carbocycles. The number of nitrogens with one attached hydrogen (secondary N) is 1. The number of rotatable bonds is 19. The molecule has 1 N–H and O–H groups in total. The Morgan fingerprint density at radius 2 is 1.21 bits per heavy atom. The van der Waals surface area contributed by atoms with E-state index in [1.54, 1.807) is 6.92 Å². The lowest BCUT2D eigenvalue weighted by Gasteiger charge is -2.19. The standard InChI is InChI=1S/C24H47NO4/c1-5-7-8-9-10-11-12-13-14-15-16-17-18-19-29-23(26)22(20-21(3)4)25-24(27)28-6-2/h21-22H,5-20H2,1-4H3,(H,25,27). The zero-order chi connectivity index (χ0) is 21.7. The second-order valence-corrected chi connectivity index (χ2v) is 8.46. The van der Waals surface area contributed by atoms with Gasteiger partial charge < -0.3 is 14.8 Å². The van der Waals surface area contributed by atoms with E-state index in [9.17, 15) is 9.59 Å². The van der Waals surface area contributed by atoms with Crippen LogP contribution in [0.25, 0.3) is 0 Å². The normalized spacial score (nSPS) is 12.0. The Hall–Kier alpha value is -1.26. The van der Waals surface area contributed by atoms with Crippen LogP contribution in [0.15, 0.2) is 0 Å².